The number of methoxy groups -OCH3 is 1. The van der Waals surface area contributed by atoms with E-state index in [1.807, 2.05) is 0 Å². The molecule has 0 aliphatic heterocycles. The normalized spacial score (nSPS) is 23.9. The fourth-order valence-electron chi connectivity index (χ4n) is 3.15. The van der Waals surface area contributed by atoms with E-state index in [4.69, 9.17) is 4.74 Å². The molecule has 0 spiro atoms. The van der Waals surface area contributed by atoms with Gasteiger partial charge >= 0.3 is 5.97 Å². The van der Waals surface area contributed by atoms with Crippen molar-refractivity contribution in [1.82, 2.24) is 4.72 Å². The van der Waals surface area contributed by atoms with Crippen molar-refractivity contribution in [2.75, 3.05) is 7.11 Å². The van der Waals surface area contributed by atoms with E-state index < -0.39 is 48.8 Å². The van der Waals surface area contributed by atoms with Crippen LogP contribution in [-0.2, 0) is 19.6 Å². The van der Waals surface area contributed by atoms with Gasteiger partial charge in [0.05, 0.1) is 28.9 Å². The van der Waals surface area contributed by atoms with Crippen LogP contribution in [0.2, 0.25) is 0 Å². The Morgan fingerprint density at radius 3 is 2.68 bits per heavy atom. The van der Waals surface area contributed by atoms with Crippen molar-refractivity contribution in [3.8, 4) is 0 Å². The van der Waals surface area contributed by atoms with Gasteiger partial charge in [-0.25, -0.2) is 17.5 Å². The van der Waals surface area contributed by atoms with Crippen molar-refractivity contribution >= 4 is 21.7 Å². The Bertz CT molecular complexity index is 797. The van der Waals surface area contributed by atoms with E-state index in [1.54, 1.807) is 6.92 Å². The Morgan fingerprint density at radius 2 is 2.08 bits per heavy atom. The standard InChI is InChI=1S/C15H19FN2O6S/c1-15(6-4-3-5-13(15)14(19)24-2)17-25(22,23)12-8-10(16)7-11(9-12)18(20)21/h7-9,13,17H,3-6H2,1-2H3. The molecule has 1 aliphatic carbocycles. The summed E-state index contributed by atoms with van der Waals surface area (Å²) in [5.74, 6) is -2.26. The predicted molar refractivity (Wildman–Crippen MR) is 85.8 cm³/mol. The maximum Gasteiger partial charge on any atom is 0.310 e. The average Bonchev–Trinajstić information content (AvgIpc) is 2.53. The Labute approximate surface area is 144 Å². The van der Waals surface area contributed by atoms with E-state index >= 15 is 0 Å². The van der Waals surface area contributed by atoms with Gasteiger partial charge in [0.15, 0.2) is 0 Å². The van der Waals surface area contributed by atoms with Crippen molar-refractivity contribution < 1.29 is 27.3 Å². The summed E-state index contributed by atoms with van der Waals surface area (Å²) in [6.07, 6.45) is 2.30. The first-order chi connectivity index (χ1) is 11.6. The van der Waals surface area contributed by atoms with Crippen molar-refractivity contribution in [3.05, 3.63) is 34.1 Å². The molecule has 0 aromatic heterocycles. The zero-order valence-corrected chi connectivity index (χ0v) is 14.6. The molecule has 2 unspecified atom stereocenters. The highest BCUT2D eigenvalue weighted by molar-refractivity contribution is 7.89. The summed E-state index contributed by atoms with van der Waals surface area (Å²) in [4.78, 5) is 21.4. The van der Waals surface area contributed by atoms with E-state index in [0.717, 1.165) is 12.5 Å². The first-order valence-corrected chi connectivity index (χ1v) is 9.14. The molecule has 0 saturated heterocycles. The molecule has 138 valence electrons. The maximum atomic E-state index is 13.6. The molecule has 10 heteroatoms. The number of esters is 1. The Kier molecular flexibility index (Phi) is 5.43. The van der Waals surface area contributed by atoms with Crippen LogP contribution in [0.5, 0.6) is 0 Å². The van der Waals surface area contributed by atoms with Crippen LogP contribution in [0.15, 0.2) is 23.1 Å². The quantitative estimate of drug-likeness (QED) is 0.479. The van der Waals surface area contributed by atoms with Gasteiger partial charge in [-0.15, -0.1) is 0 Å². The number of benzene rings is 1. The molecule has 2 rings (SSSR count). The van der Waals surface area contributed by atoms with E-state index in [0.29, 0.717) is 31.4 Å². The number of nitrogens with one attached hydrogen (secondary N) is 1. The highest BCUT2D eigenvalue weighted by Crippen LogP contribution is 2.36. The van der Waals surface area contributed by atoms with Gasteiger partial charge in [-0.05, 0) is 25.8 Å². The number of carbonyl (C=O) groups excluding carboxylic acids is 1. The van der Waals surface area contributed by atoms with Gasteiger partial charge in [-0.3, -0.25) is 14.9 Å². The predicted octanol–water partition coefficient (Wildman–Crippen LogP) is 2.13. The molecule has 1 fully saturated rings. The Hall–Kier alpha value is -2.07. The molecule has 0 radical (unpaired) electrons. The zero-order valence-electron chi connectivity index (χ0n) is 13.8. The summed E-state index contributed by atoms with van der Waals surface area (Å²) in [5.41, 5.74) is -1.79. The summed E-state index contributed by atoms with van der Waals surface area (Å²) >= 11 is 0. The van der Waals surface area contributed by atoms with Crippen LogP contribution in [0.1, 0.15) is 32.6 Å². The fourth-order valence-corrected chi connectivity index (χ4v) is 4.67. The third-order valence-electron chi connectivity index (χ3n) is 4.44. The van der Waals surface area contributed by atoms with E-state index in [-0.39, 0.29) is 0 Å². The molecular weight excluding hydrogens is 355 g/mol. The second-order valence-corrected chi connectivity index (χ2v) is 7.93. The lowest BCUT2D eigenvalue weighted by Crippen LogP contribution is -2.55. The number of nitrogens with zero attached hydrogens (tertiary/aromatic N) is 1. The second kappa shape index (κ2) is 7.04. The minimum Gasteiger partial charge on any atom is -0.469 e. The number of hydrogen-bond donors (Lipinski definition) is 1. The number of nitro groups is 1. The molecule has 0 bridgehead atoms. The van der Waals surface area contributed by atoms with Gasteiger partial charge < -0.3 is 4.74 Å². The molecule has 8 nitrogen and oxygen atoms in total. The molecule has 0 amide bonds. The number of non-ortho nitro benzene ring substituents is 1. The van der Waals surface area contributed by atoms with Gasteiger partial charge in [-0.2, -0.15) is 0 Å². The Balaban J connectivity index is 2.40. The number of halogens is 1. The number of ether oxygens (including phenoxy) is 1. The van der Waals surface area contributed by atoms with Crippen molar-refractivity contribution in [2.24, 2.45) is 5.92 Å². The Morgan fingerprint density at radius 1 is 1.40 bits per heavy atom. The summed E-state index contributed by atoms with van der Waals surface area (Å²) in [5, 5.41) is 10.8. The number of nitro benzene ring substituents is 1. The van der Waals surface area contributed by atoms with Crippen LogP contribution < -0.4 is 4.72 Å². The SMILES string of the molecule is COC(=O)C1CCCCC1(C)NS(=O)(=O)c1cc(F)cc([N+](=O)[O-])c1. The van der Waals surface area contributed by atoms with Gasteiger partial charge in [0.2, 0.25) is 10.0 Å². The number of hydrogen-bond acceptors (Lipinski definition) is 6. The summed E-state index contributed by atoms with van der Waals surface area (Å²) in [7, 11) is -3.05. The van der Waals surface area contributed by atoms with E-state index in [9.17, 15) is 27.7 Å². The molecule has 1 saturated carbocycles. The summed E-state index contributed by atoms with van der Waals surface area (Å²) in [6, 6.07) is 2.12. The first-order valence-electron chi connectivity index (χ1n) is 7.66. The van der Waals surface area contributed by atoms with Crippen LogP contribution in [0.25, 0.3) is 0 Å². The molecular formula is C15H19FN2O6S. The van der Waals surface area contributed by atoms with Crippen LogP contribution >= 0.6 is 0 Å². The molecule has 2 atom stereocenters. The van der Waals surface area contributed by atoms with Crippen LogP contribution in [-0.4, -0.2) is 32.0 Å². The minimum absolute atomic E-state index is 0.392. The number of carbonyl (C=O) groups is 1. The van der Waals surface area contributed by atoms with Crippen molar-refractivity contribution in [2.45, 2.75) is 43.0 Å². The van der Waals surface area contributed by atoms with Crippen molar-refractivity contribution in [3.63, 3.8) is 0 Å². The monoisotopic (exact) mass is 374 g/mol. The number of sulfonamides is 1. The lowest BCUT2D eigenvalue weighted by Gasteiger charge is -2.40. The zero-order chi connectivity index (χ0) is 18.8. The average molecular weight is 374 g/mol. The molecule has 1 aromatic carbocycles. The van der Waals surface area contributed by atoms with Crippen molar-refractivity contribution in [1.29, 1.82) is 0 Å². The number of rotatable bonds is 5. The van der Waals surface area contributed by atoms with E-state index in [1.165, 1.54) is 7.11 Å². The van der Waals surface area contributed by atoms with Crippen LogP contribution in [0, 0.1) is 21.8 Å². The van der Waals surface area contributed by atoms with Gasteiger partial charge in [-0.1, -0.05) is 12.8 Å². The lowest BCUT2D eigenvalue weighted by molar-refractivity contribution is -0.385. The van der Waals surface area contributed by atoms with Gasteiger partial charge in [0.25, 0.3) is 5.69 Å². The largest absolute Gasteiger partial charge is 0.469 e. The molecule has 1 N–H and O–H groups in total. The third-order valence-corrected chi connectivity index (χ3v) is 6.03. The van der Waals surface area contributed by atoms with Gasteiger partial charge in [0.1, 0.15) is 5.82 Å². The molecule has 25 heavy (non-hydrogen) atoms. The summed E-state index contributed by atoms with van der Waals surface area (Å²) < 4.78 is 46.0. The van der Waals surface area contributed by atoms with Crippen LogP contribution in [0.3, 0.4) is 0 Å². The third kappa shape index (κ3) is 4.13. The highest BCUT2D eigenvalue weighted by Gasteiger charge is 2.44. The van der Waals surface area contributed by atoms with Crippen LogP contribution in [0.4, 0.5) is 10.1 Å². The van der Waals surface area contributed by atoms with E-state index in [2.05, 4.69) is 4.72 Å². The lowest BCUT2D eigenvalue weighted by atomic mass is 9.74. The maximum absolute atomic E-state index is 13.6. The van der Waals surface area contributed by atoms with Gasteiger partial charge in [0, 0.05) is 11.6 Å². The topological polar surface area (TPSA) is 116 Å². The molecule has 1 aromatic rings. The first kappa shape index (κ1) is 19.3. The molecule has 0 heterocycles. The fraction of sp³-hybridized carbons (Fsp3) is 0.533. The minimum atomic E-state index is -4.27. The second-order valence-electron chi connectivity index (χ2n) is 6.25. The highest BCUT2D eigenvalue weighted by atomic mass is 32.2. The smallest absolute Gasteiger partial charge is 0.310 e. The summed E-state index contributed by atoms with van der Waals surface area (Å²) in [6.45, 7) is 1.58. The molecule has 1 aliphatic rings.